The number of aliphatic hydroxyl groups is 1. The van der Waals surface area contributed by atoms with Gasteiger partial charge in [-0.05, 0) is 58.5 Å². The summed E-state index contributed by atoms with van der Waals surface area (Å²) in [7, 11) is 4.05. The molecule has 0 aliphatic heterocycles. The molecule has 0 saturated heterocycles. The van der Waals surface area contributed by atoms with Crippen LogP contribution in [0.1, 0.15) is 13.8 Å². The number of aliphatic hydroxyl groups excluding tert-OH is 1. The zero-order chi connectivity index (χ0) is 18.8. The Hall–Kier alpha value is -1.02. The number of ether oxygens (including phenoxy) is 1. The Labute approximate surface area is 161 Å². The van der Waals surface area contributed by atoms with Gasteiger partial charge in [0.25, 0.3) is 0 Å². The number of thiocarbonyl (C=S) groups is 1. The molecule has 7 heteroatoms. The highest BCUT2D eigenvalue weighted by atomic mass is 32.2. The molecule has 1 aromatic rings. The molecule has 2 N–H and O–H groups in total. The third-order valence-corrected chi connectivity index (χ3v) is 4.78. The number of nitrogens with one attached hydrogen (secondary N) is 1. The largest absolute Gasteiger partial charge is 0.490 e. The first-order valence-electron chi connectivity index (χ1n) is 8.48. The minimum Gasteiger partial charge on any atom is -0.490 e. The highest BCUT2D eigenvalue weighted by molar-refractivity contribution is 7.98. The van der Waals surface area contributed by atoms with E-state index in [1.807, 2.05) is 49.5 Å². The lowest BCUT2D eigenvalue weighted by atomic mass is 10.2. The quantitative estimate of drug-likeness (QED) is 0.473. The number of para-hydroxylation sites is 1. The predicted octanol–water partition coefficient (Wildman–Crippen LogP) is 2.29. The second-order valence-electron chi connectivity index (χ2n) is 6.40. The van der Waals surface area contributed by atoms with Crippen LogP contribution in [0.3, 0.4) is 0 Å². The van der Waals surface area contributed by atoms with Crippen molar-refractivity contribution in [1.82, 2.24) is 15.1 Å². The Kier molecular flexibility index (Phi) is 10.2. The van der Waals surface area contributed by atoms with E-state index in [4.69, 9.17) is 17.0 Å². The van der Waals surface area contributed by atoms with Gasteiger partial charge in [-0.2, -0.15) is 0 Å². The summed E-state index contributed by atoms with van der Waals surface area (Å²) in [4.78, 5) is 5.16. The van der Waals surface area contributed by atoms with Crippen molar-refractivity contribution in [2.24, 2.45) is 0 Å². The summed E-state index contributed by atoms with van der Waals surface area (Å²) in [6.45, 7) is 6.49. The van der Waals surface area contributed by atoms with Crippen LogP contribution in [0.25, 0.3) is 0 Å². The van der Waals surface area contributed by atoms with Crippen LogP contribution in [0.4, 0.5) is 0 Å². The summed E-state index contributed by atoms with van der Waals surface area (Å²) in [6, 6.07) is 8.05. The van der Waals surface area contributed by atoms with Crippen molar-refractivity contribution in [2.45, 2.75) is 30.9 Å². The van der Waals surface area contributed by atoms with E-state index >= 15 is 0 Å². The van der Waals surface area contributed by atoms with E-state index in [-0.39, 0.29) is 12.6 Å². The second kappa shape index (κ2) is 11.6. The first-order chi connectivity index (χ1) is 11.8. The number of likely N-dealkylation sites (N-methyl/N-ethyl adjacent to an activating group) is 1. The van der Waals surface area contributed by atoms with Crippen LogP contribution in [-0.4, -0.2) is 78.8 Å². The second-order valence-corrected chi connectivity index (χ2v) is 7.63. The monoisotopic (exact) mass is 385 g/mol. The number of hydrogen-bond donors (Lipinski definition) is 2. The molecular weight excluding hydrogens is 354 g/mol. The molecule has 0 aliphatic rings. The Morgan fingerprint density at radius 3 is 2.60 bits per heavy atom. The van der Waals surface area contributed by atoms with E-state index in [0.717, 1.165) is 23.7 Å². The molecule has 0 fully saturated rings. The van der Waals surface area contributed by atoms with Crippen molar-refractivity contribution in [2.75, 3.05) is 46.6 Å². The molecule has 0 bridgehead atoms. The van der Waals surface area contributed by atoms with Gasteiger partial charge < -0.3 is 25.0 Å². The summed E-state index contributed by atoms with van der Waals surface area (Å²) in [5, 5.41) is 14.3. The van der Waals surface area contributed by atoms with Crippen molar-refractivity contribution in [3.63, 3.8) is 0 Å². The lowest BCUT2D eigenvalue weighted by Crippen LogP contribution is -2.49. The molecule has 0 aromatic heterocycles. The molecule has 0 aliphatic carbocycles. The maximum atomic E-state index is 10.4. The number of thioether (sulfide) groups is 1. The van der Waals surface area contributed by atoms with Crippen molar-refractivity contribution in [3.05, 3.63) is 24.3 Å². The minimum absolute atomic E-state index is 0.201. The molecule has 1 atom stereocenters. The fourth-order valence-corrected chi connectivity index (χ4v) is 3.15. The Morgan fingerprint density at radius 1 is 1.32 bits per heavy atom. The van der Waals surface area contributed by atoms with Crippen LogP contribution < -0.4 is 10.1 Å². The summed E-state index contributed by atoms with van der Waals surface area (Å²) in [5.74, 6) is 0.803. The van der Waals surface area contributed by atoms with E-state index in [9.17, 15) is 5.11 Å². The molecule has 0 saturated carbocycles. The third-order valence-electron chi connectivity index (χ3n) is 3.63. The summed E-state index contributed by atoms with van der Waals surface area (Å²) in [5.41, 5.74) is 0. The zero-order valence-electron chi connectivity index (χ0n) is 15.9. The van der Waals surface area contributed by atoms with Crippen molar-refractivity contribution in [3.8, 4) is 5.75 Å². The average Bonchev–Trinajstić information content (AvgIpc) is 2.57. The average molecular weight is 386 g/mol. The fourth-order valence-electron chi connectivity index (χ4n) is 2.22. The third kappa shape index (κ3) is 8.27. The van der Waals surface area contributed by atoms with Crippen molar-refractivity contribution >= 4 is 29.1 Å². The van der Waals surface area contributed by atoms with Crippen molar-refractivity contribution < 1.29 is 9.84 Å². The fraction of sp³-hybridized carbons (Fsp3) is 0.611. The van der Waals surface area contributed by atoms with Crippen molar-refractivity contribution in [1.29, 1.82) is 0 Å². The van der Waals surface area contributed by atoms with E-state index in [0.29, 0.717) is 11.7 Å². The van der Waals surface area contributed by atoms with Gasteiger partial charge in [-0.3, -0.25) is 0 Å². The Morgan fingerprint density at radius 2 is 2.00 bits per heavy atom. The first kappa shape index (κ1) is 22.0. The minimum atomic E-state index is -0.620. The van der Waals surface area contributed by atoms with E-state index < -0.39 is 6.10 Å². The number of rotatable bonds is 10. The van der Waals surface area contributed by atoms with Gasteiger partial charge in [0.05, 0.1) is 0 Å². The van der Waals surface area contributed by atoms with Gasteiger partial charge in [0.1, 0.15) is 18.5 Å². The standard InChI is InChI=1S/C18H31N3O2S2/c1-14(2)21(18(24)19-10-11-20(3)4)12-15(22)13-23-16-8-6-7-9-17(16)25-5/h6-9,14-15,22H,10-13H2,1-5H3,(H,19,24). The number of hydrogen-bond acceptors (Lipinski definition) is 5. The van der Waals surface area contributed by atoms with E-state index in [2.05, 4.69) is 24.1 Å². The SMILES string of the molecule is CSc1ccccc1OCC(O)CN(C(=S)NCCN(C)C)C(C)C. The number of nitrogens with zero attached hydrogens (tertiary/aromatic N) is 2. The molecule has 142 valence electrons. The van der Waals surface area contributed by atoms with Gasteiger partial charge >= 0.3 is 0 Å². The van der Waals surface area contributed by atoms with Crippen LogP contribution in [0.15, 0.2) is 29.2 Å². The summed E-state index contributed by atoms with van der Waals surface area (Å²) in [6.07, 6.45) is 1.39. The topological polar surface area (TPSA) is 48.0 Å². The van der Waals surface area contributed by atoms with Gasteiger partial charge in [0.2, 0.25) is 0 Å². The Bertz CT molecular complexity index is 527. The van der Waals surface area contributed by atoms with Gasteiger partial charge in [0, 0.05) is 30.6 Å². The zero-order valence-corrected chi connectivity index (χ0v) is 17.5. The molecule has 0 heterocycles. The summed E-state index contributed by atoms with van der Waals surface area (Å²) < 4.78 is 5.79. The highest BCUT2D eigenvalue weighted by Crippen LogP contribution is 2.26. The molecule has 0 amide bonds. The molecule has 1 unspecified atom stereocenters. The Balaban J connectivity index is 2.52. The van der Waals surface area contributed by atoms with E-state index in [1.165, 1.54) is 0 Å². The lowest BCUT2D eigenvalue weighted by Gasteiger charge is -2.31. The molecule has 0 radical (unpaired) electrons. The van der Waals surface area contributed by atoms with Crippen LogP contribution >= 0.6 is 24.0 Å². The molecule has 1 aromatic carbocycles. The molecule has 5 nitrogen and oxygen atoms in total. The number of benzene rings is 1. The predicted molar refractivity (Wildman–Crippen MR) is 111 cm³/mol. The normalized spacial score (nSPS) is 12.3. The van der Waals surface area contributed by atoms with Gasteiger partial charge in [-0.15, -0.1) is 11.8 Å². The lowest BCUT2D eigenvalue weighted by molar-refractivity contribution is 0.0793. The van der Waals surface area contributed by atoms with Crippen LogP contribution in [0, 0.1) is 0 Å². The van der Waals surface area contributed by atoms with Crippen LogP contribution in [-0.2, 0) is 0 Å². The maximum absolute atomic E-state index is 10.4. The van der Waals surface area contributed by atoms with Gasteiger partial charge in [-0.1, -0.05) is 12.1 Å². The van der Waals surface area contributed by atoms with Crippen LogP contribution in [0.2, 0.25) is 0 Å². The maximum Gasteiger partial charge on any atom is 0.169 e. The molecular formula is C18H31N3O2S2. The van der Waals surface area contributed by atoms with Gasteiger partial charge in [-0.25, -0.2) is 0 Å². The van der Waals surface area contributed by atoms with E-state index in [1.54, 1.807) is 11.8 Å². The van der Waals surface area contributed by atoms with Crippen LogP contribution in [0.5, 0.6) is 5.75 Å². The first-order valence-corrected chi connectivity index (χ1v) is 10.1. The molecule has 0 spiro atoms. The van der Waals surface area contributed by atoms with Gasteiger partial charge in [0.15, 0.2) is 5.11 Å². The smallest absolute Gasteiger partial charge is 0.169 e. The molecule has 25 heavy (non-hydrogen) atoms. The molecule has 1 rings (SSSR count). The summed E-state index contributed by atoms with van der Waals surface area (Å²) >= 11 is 7.11. The highest BCUT2D eigenvalue weighted by Gasteiger charge is 2.18.